The van der Waals surface area contributed by atoms with Gasteiger partial charge in [0.05, 0.1) is 18.5 Å². The first-order valence-corrected chi connectivity index (χ1v) is 9.49. The van der Waals surface area contributed by atoms with E-state index in [2.05, 4.69) is 18.1 Å². The van der Waals surface area contributed by atoms with Crippen LogP contribution in [0.1, 0.15) is 20.9 Å². The number of rotatable bonds is 5. The lowest BCUT2D eigenvalue weighted by Crippen LogP contribution is -2.28. The molecule has 27 heavy (non-hydrogen) atoms. The second-order valence-corrected chi connectivity index (χ2v) is 7.33. The number of amides is 1. The summed E-state index contributed by atoms with van der Waals surface area (Å²) in [5, 5.41) is 6.67. The van der Waals surface area contributed by atoms with E-state index in [1.807, 2.05) is 54.9 Å². The number of carbonyl (C=O) groups is 1. The van der Waals surface area contributed by atoms with E-state index < -0.39 is 0 Å². The summed E-state index contributed by atoms with van der Waals surface area (Å²) in [6.45, 7) is 2.63. The Morgan fingerprint density at radius 3 is 2.67 bits per heavy atom. The molecule has 1 amide bonds. The maximum Gasteiger partial charge on any atom is 0.272 e. The van der Waals surface area contributed by atoms with Crippen molar-refractivity contribution in [2.24, 2.45) is 0 Å². The molecule has 4 aromatic rings. The molecule has 6 heteroatoms. The number of nitrogens with zero attached hydrogens (tertiary/aromatic N) is 3. The van der Waals surface area contributed by atoms with Crippen molar-refractivity contribution in [1.29, 1.82) is 0 Å². The average molecular weight is 377 g/mol. The van der Waals surface area contributed by atoms with E-state index in [0.29, 0.717) is 23.7 Å². The Morgan fingerprint density at radius 1 is 1.19 bits per heavy atom. The minimum atomic E-state index is -0.0861. The average Bonchev–Trinajstić information content (AvgIpc) is 3.43. The van der Waals surface area contributed by atoms with Gasteiger partial charge in [-0.15, -0.1) is 11.3 Å². The monoisotopic (exact) mass is 377 g/mol. The largest absolute Gasteiger partial charge is 0.463 e. The van der Waals surface area contributed by atoms with Crippen LogP contribution in [0, 0.1) is 6.92 Å². The van der Waals surface area contributed by atoms with Crippen LogP contribution < -0.4 is 0 Å². The second kappa shape index (κ2) is 7.25. The number of para-hydroxylation sites is 1. The summed E-state index contributed by atoms with van der Waals surface area (Å²) in [6, 6.07) is 17.2. The molecular formula is C21H19N3O2S. The van der Waals surface area contributed by atoms with Gasteiger partial charge in [-0.05, 0) is 48.2 Å². The molecule has 3 aromatic heterocycles. The summed E-state index contributed by atoms with van der Waals surface area (Å²) in [4.78, 5) is 16.1. The van der Waals surface area contributed by atoms with Gasteiger partial charge >= 0.3 is 0 Å². The number of thiophene rings is 1. The Labute approximate surface area is 161 Å². The zero-order valence-electron chi connectivity index (χ0n) is 15.1. The van der Waals surface area contributed by atoms with Gasteiger partial charge in [-0.1, -0.05) is 18.2 Å². The van der Waals surface area contributed by atoms with Crippen LogP contribution in [0.5, 0.6) is 0 Å². The molecule has 0 aliphatic rings. The Hall–Kier alpha value is -3.12. The number of hydrogen-bond acceptors (Lipinski definition) is 4. The van der Waals surface area contributed by atoms with Crippen LogP contribution in [-0.4, -0.2) is 27.6 Å². The normalized spacial score (nSPS) is 10.9. The predicted molar refractivity (Wildman–Crippen MR) is 106 cm³/mol. The first kappa shape index (κ1) is 17.3. The zero-order chi connectivity index (χ0) is 18.8. The van der Waals surface area contributed by atoms with Gasteiger partial charge in [0.2, 0.25) is 0 Å². The zero-order valence-corrected chi connectivity index (χ0v) is 15.9. The fraction of sp³-hybridized carbons (Fsp3) is 0.143. The van der Waals surface area contributed by atoms with Gasteiger partial charge in [-0.2, -0.15) is 5.10 Å². The summed E-state index contributed by atoms with van der Waals surface area (Å²) < 4.78 is 7.14. The summed E-state index contributed by atoms with van der Waals surface area (Å²) in [5.74, 6) is 0.549. The van der Waals surface area contributed by atoms with Gasteiger partial charge in [0.15, 0.2) is 5.76 Å². The number of aryl methyl sites for hydroxylation is 1. The highest BCUT2D eigenvalue weighted by Gasteiger charge is 2.22. The van der Waals surface area contributed by atoms with Crippen molar-refractivity contribution in [3.05, 3.63) is 82.4 Å². The molecule has 3 heterocycles. The van der Waals surface area contributed by atoms with E-state index in [4.69, 9.17) is 4.42 Å². The van der Waals surface area contributed by atoms with Crippen LogP contribution in [0.15, 0.2) is 70.7 Å². The molecule has 136 valence electrons. The molecule has 0 unspecified atom stereocenters. The van der Waals surface area contributed by atoms with E-state index in [-0.39, 0.29) is 5.91 Å². The van der Waals surface area contributed by atoms with Gasteiger partial charge in [0.1, 0.15) is 11.4 Å². The molecule has 0 saturated heterocycles. The number of furan rings is 1. The number of carbonyl (C=O) groups excluding carboxylic acids is 1. The number of hydrogen-bond donors (Lipinski definition) is 0. The number of aromatic nitrogens is 2. The van der Waals surface area contributed by atoms with E-state index in [1.54, 1.807) is 33.2 Å². The lowest BCUT2D eigenvalue weighted by atomic mass is 10.2. The smallest absolute Gasteiger partial charge is 0.272 e. The first-order chi connectivity index (χ1) is 13.1. The lowest BCUT2D eigenvalue weighted by molar-refractivity contribution is 0.0777. The summed E-state index contributed by atoms with van der Waals surface area (Å²) >= 11 is 1.66. The Bertz CT molecular complexity index is 1050. The van der Waals surface area contributed by atoms with Crippen molar-refractivity contribution < 1.29 is 9.21 Å². The quantitative estimate of drug-likeness (QED) is 0.503. The minimum absolute atomic E-state index is 0.0861. The SMILES string of the molecule is Cc1ccsc1CN(C)C(=O)c1cc(-c2ccco2)nn1-c1ccccc1. The van der Waals surface area contributed by atoms with Gasteiger partial charge < -0.3 is 9.32 Å². The van der Waals surface area contributed by atoms with Crippen LogP contribution in [-0.2, 0) is 6.54 Å². The van der Waals surface area contributed by atoms with Crippen LogP contribution in [0.25, 0.3) is 17.1 Å². The molecule has 0 N–H and O–H groups in total. The fourth-order valence-electron chi connectivity index (χ4n) is 2.89. The molecule has 4 rings (SSSR count). The van der Waals surface area contributed by atoms with Gasteiger partial charge in [-0.25, -0.2) is 4.68 Å². The Balaban J connectivity index is 1.72. The van der Waals surface area contributed by atoms with E-state index in [0.717, 1.165) is 5.69 Å². The molecule has 0 bridgehead atoms. The van der Waals surface area contributed by atoms with Crippen molar-refractivity contribution in [2.75, 3.05) is 7.05 Å². The van der Waals surface area contributed by atoms with Crippen molar-refractivity contribution in [3.8, 4) is 17.1 Å². The standard InChI is InChI=1S/C21H19N3O2S/c1-15-10-12-27-20(15)14-23(2)21(25)18-13-17(19-9-6-11-26-19)22-24(18)16-7-4-3-5-8-16/h3-13H,14H2,1-2H3. The highest BCUT2D eigenvalue weighted by Crippen LogP contribution is 2.24. The summed E-state index contributed by atoms with van der Waals surface area (Å²) in [6.07, 6.45) is 1.60. The van der Waals surface area contributed by atoms with Crippen molar-refractivity contribution in [2.45, 2.75) is 13.5 Å². The highest BCUT2D eigenvalue weighted by atomic mass is 32.1. The van der Waals surface area contributed by atoms with E-state index in [9.17, 15) is 4.79 Å². The van der Waals surface area contributed by atoms with Crippen LogP contribution in [0.4, 0.5) is 0 Å². The summed E-state index contributed by atoms with van der Waals surface area (Å²) in [5.41, 5.74) is 3.17. The first-order valence-electron chi connectivity index (χ1n) is 8.61. The number of benzene rings is 1. The predicted octanol–water partition coefficient (Wildman–Crippen LogP) is 4.77. The molecule has 0 fully saturated rings. The van der Waals surface area contributed by atoms with Gasteiger partial charge in [0, 0.05) is 18.0 Å². The molecular weight excluding hydrogens is 358 g/mol. The third-order valence-electron chi connectivity index (χ3n) is 4.40. The van der Waals surface area contributed by atoms with Gasteiger partial charge in [0.25, 0.3) is 5.91 Å². The molecule has 0 aliphatic carbocycles. The molecule has 0 atom stereocenters. The molecule has 0 spiro atoms. The van der Waals surface area contributed by atoms with Crippen LogP contribution in [0.2, 0.25) is 0 Å². The third-order valence-corrected chi connectivity index (χ3v) is 5.41. The minimum Gasteiger partial charge on any atom is -0.463 e. The van der Waals surface area contributed by atoms with Gasteiger partial charge in [-0.3, -0.25) is 4.79 Å². The lowest BCUT2D eigenvalue weighted by Gasteiger charge is -2.17. The Kier molecular flexibility index (Phi) is 4.64. The van der Waals surface area contributed by atoms with E-state index in [1.165, 1.54) is 10.4 Å². The topological polar surface area (TPSA) is 51.3 Å². The fourth-order valence-corrected chi connectivity index (χ4v) is 3.85. The molecule has 0 radical (unpaired) electrons. The maximum absolute atomic E-state index is 13.2. The Morgan fingerprint density at radius 2 is 2.00 bits per heavy atom. The maximum atomic E-state index is 13.2. The molecule has 1 aromatic carbocycles. The van der Waals surface area contributed by atoms with E-state index >= 15 is 0 Å². The second-order valence-electron chi connectivity index (χ2n) is 6.33. The molecule has 5 nitrogen and oxygen atoms in total. The van der Waals surface area contributed by atoms with Crippen LogP contribution >= 0.6 is 11.3 Å². The van der Waals surface area contributed by atoms with Crippen LogP contribution in [0.3, 0.4) is 0 Å². The van der Waals surface area contributed by atoms with Crippen molar-refractivity contribution in [3.63, 3.8) is 0 Å². The highest BCUT2D eigenvalue weighted by molar-refractivity contribution is 7.10. The van der Waals surface area contributed by atoms with Crippen molar-refractivity contribution >= 4 is 17.2 Å². The third kappa shape index (κ3) is 3.44. The molecule has 0 aliphatic heterocycles. The summed E-state index contributed by atoms with van der Waals surface area (Å²) in [7, 11) is 1.82. The molecule has 0 saturated carbocycles. The van der Waals surface area contributed by atoms with Crippen molar-refractivity contribution in [1.82, 2.24) is 14.7 Å².